The molecule has 0 bridgehead atoms. The number of aromatic nitrogens is 2. The zero-order chi connectivity index (χ0) is 14.4. The highest BCUT2D eigenvalue weighted by Crippen LogP contribution is 2.12. The third-order valence-electron chi connectivity index (χ3n) is 3.62. The zero-order valence-electron chi connectivity index (χ0n) is 12.3. The van der Waals surface area contributed by atoms with E-state index in [1.165, 1.54) is 0 Å². The summed E-state index contributed by atoms with van der Waals surface area (Å²) in [5.74, 6) is -0.790. The molecule has 0 radical (unpaired) electrons. The van der Waals surface area contributed by atoms with Crippen LogP contribution in [0.4, 0.5) is 0 Å². The van der Waals surface area contributed by atoms with Gasteiger partial charge in [0.1, 0.15) is 0 Å². The number of carboxylic acid groups (broad SMARTS) is 1. The van der Waals surface area contributed by atoms with Crippen molar-refractivity contribution in [1.29, 1.82) is 0 Å². The van der Waals surface area contributed by atoms with E-state index >= 15 is 0 Å². The Morgan fingerprint density at radius 3 is 2.63 bits per heavy atom. The van der Waals surface area contributed by atoms with Crippen LogP contribution in [0.5, 0.6) is 0 Å². The van der Waals surface area contributed by atoms with Gasteiger partial charge < -0.3 is 5.11 Å². The van der Waals surface area contributed by atoms with Crippen molar-refractivity contribution in [3.8, 4) is 0 Å². The molecule has 0 aliphatic rings. The summed E-state index contributed by atoms with van der Waals surface area (Å²) >= 11 is 0. The highest BCUT2D eigenvalue weighted by Gasteiger charge is 2.17. The molecule has 0 saturated carbocycles. The Hall–Kier alpha value is -1.36. The fourth-order valence-corrected chi connectivity index (χ4v) is 1.90. The average Bonchev–Trinajstić information content (AvgIpc) is 2.84. The molecule has 0 fully saturated rings. The lowest BCUT2D eigenvalue weighted by Crippen LogP contribution is -2.36. The van der Waals surface area contributed by atoms with Gasteiger partial charge in [0.15, 0.2) is 0 Å². The predicted octanol–water partition coefficient (Wildman–Crippen LogP) is 2.54. The first-order valence-electron chi connectivity index (χ1n) is 6.97. The second-order valence-electron chi connectivity index (χ2n) is 5.10. The SMILES string of the molecule is CCC(C)N(CC(=O)O)Cc1ccn(C(C)CC)n1. The number of hydrogen-bond acceptors (Lipinski definition) is 3. The van der Waals surface area contributed by atoms with Gasteiger partial charge in [0.2, 0.25) is 0 Å². The number of carboxylic acids is 1. The van der Waals surface area contributed by atoms with Crippen molar-refractivity contribution in [2.24, 2.45) is 0 Å². The molecule has 1 heterocycles. The molecule has 2 atom stereocenters. The largest absolute Gasteiger partial charge is 0.480 e. The van der Waals surface area contributed by atoms with E-state index in [4.69, 9.17) is 5.11 Å². The first kappa shape index (κ1) is 15.7. The molecule has 2 unspecified atom stereocenters. The molecule has 5 nitrogen and oxygen atoms in total. The van der Waals surface area contributed by atoms with E-state index < -0.39 is 5.97 Å². The van der Waals surface area contributed by atoms with Crippen LogP contribution in [0.3, 0.4) is 0 Å². The summed E-state index contributed by atoms with van der Waals surface area (Å²) in [6, 6.07) is 2.60. The minimum Gasteiger partial charge on any atom is -0.480 e. The van der Waals surface area contributed by atoms with Crippen LogP contribution in [-0.2, 0) is 11.3 Å². The number of nitrogens with zero attached hydrogens (tertiary/aromatic N) is 3. The van der Waals surface area contributed by atoms with Crippen LogP contribution in [0, 0.1) is 0 Å². The second kappa shape index (κ2) is 7.28. The van der Waals surface area contributed by atoms with Gasteiger partial charge in [0, 0.05) is 24.8 Å². The fourth-order valence-electron chi connectivity index (χ4n) is 1.90. The Labute approximate surface area is 115 Å². The fraction of sp³-hybridized carbons (Fsp3) is 0.714. The molecular formula is C14H25N3O2. The van der Waals surface area contributed by atoms with Gasteiger partial charge in [-0.05, 0) is 32.8 Å². The van der Waals surface area contributed by atoms with Crippen LogP contribution in [0.25, 0.3) is 0 Å². The molecular weight excluding hydrogens is 242 g/mol. The molecule has 5 heteroatoms. The van der Waals surface area contributed by atoms with Gasteiger partial charge in [-0.1, -0.05) is 13.8 Å². The molecule has 0 saturated heterocycles. The molecule has 0 aliphatic carbocycles. The molecule has 1 aromatic heterocycles. The second-order valence-corrected chi connectivity index (χ2v) is 5.10. The van der Waals surface area contributed by atoms with Crippen molar-refractivity contribution in [1.82, 2.24) is 14.7 Å². The van der Waals surface area contributed by atoms with E-state index in [-0.39, 0.29) is 12.6 Å². The standard InChI is InChI=1S/C14H25N3O2/c1-5-11(3)16(10-14(18)19)9-13-7-8-17(15-13)12(4)6-2/h7-8,11-12H,5-6,9-10H2,1-4H3,(H,18,19). The summed E-state index contributed by atoms with van der Waals surface area (Å²) in [5, 5.41) is 13.5. The Balaban J connectivity index is 2.73. The summed E-state index contributed by atoms with van der Waals surface area (Å²) in [7, 11) is 0. The number of carbonyl (C=O) groups is 1. The molecule has 1 N–H and O–H groups in total. The Morgan fingerprint density at radius 1 is 1.42 bits per heavy atom. The van der Waals surface area contributed by atoms with Gasteiger partial charge in [0.05, 0.1) is 12.2 Å². The third-order valence-corrected chi connectivity index (χ3v) is 3.62. The van der Waals surface area contributed by atoms with E-state index in [1.807, 2.05) is 21.8 Å². The summed E-state index contributed by atoms with van der Waals surface area (Å²) in [4.78, 5) is 12.9. The maximum absolute atomic E-state index is 10.9. The van der Waals surface area contributed by atoms with Crippen molar-refractivity contribution < 1.29 is 9.90 Å². The average molecular weight is 267 g/mol. The summed E-state index contributed by atoms with van der Waals surface area (Å²) in [6.07, 6.45) is 3.93. The van der Waals surface area contributed by atoms with Crippen molar-refractivity contribution >= 4 is 5.97 Å². The first-order valence-corrected chi connectivity index (χ1v) is 6.97. The van der Waals surface area contributed by atoms with Crippen molar-refractivity contribution in [3.05, 3.63) is 18.0 Å². The van der Waals surface area contributed by atoms with E-state index in [9.17, 15) is 4.79 Å². The lowest BCUT2D eigenvalue weighted by Gasteiger charge is -2.25. The molecule has 0 aliphatic heterocycles. The normalized spacial score (nSPS) is 14.6. The summed E-state index contributed by atoms with van der Waals surface area (Å²) in [5.41, 5.74) is 0.932. The maximum atomic E-state index is 10.9. The molecule has 19 heavy (non-hydrogen) atoms. The molecule has 1 rings (SSSR count). The summed E-state index contributed by atoms with van der Waals surface area (Å²) in [6.45, 7) is 9.02. The Kier molecular flexibility index (Phi) is 6.02. The van der Waals surface area contributed by atoms with Gasteiger partial charge in [-0.3, -0.25) is 14.4 Å². The monoisotopic (exact) mass is 267 g/mol. The Morgan fingerprint density at radius 2 is 2.11 bits per heavy atom. The smallest absolute Gasteiger partial charge is 0.317 e. The molecule has 1 aromatic rings. The maximum Gasteiger partial charge on any atom is 0.317 e. The van der Waals surface area contributed by atoms with Gasteiger partial charge in [-0.15, -0.1) is 0 Å². The summed E-state index contributed by atoms with van der Waals surface area (Å²) < 4.78 is 1.95. The quantitative estimate of drug-likeness (QED) is 0.786. The molecule has 0 spiro atoms. The van der Waals surface area contributed by atoms with Crippen LogP contribution < -0.4 is 0 Å². The van der Waals surface area contributed by atoms with Crippen molar-refractivity contribution in [2.75, 3.05) is 6.54 Å². The van der Waals surface area contributed by atoms with Gasteiger partial charge in [-0.2, -0.15) is 5.10 Å². The lowest BCUT2D eigenvalue weighted by molar-refractivity contribution is -0.139. The van der Waals surface area contributed by atoms with Gasteiger partial charge in [-0.25, -0.2) is 0 Å². The van der Waals surface area contributed by atoms with Crippen molar-refractivity contribution in [2.45, 2.75) is 59.2 Å². The number of hydrogen-bond donors (Lipinski definition) is 1. The van der Waals surface area contributed by atoms with E-state index in [0.717, 1.165) is 18.5 Å². The number of aliphatic carboxylic acids is 1. The van der Waals surface area contributed by atoms with Gasteiger partial charge in [0.25, 0.3) is 0 Å². The van der Waals surface area contributed by atoms with E-state index in [2.05, 4.69) is 32.8 Å². The predicted molar refractivity (Wildman–Crippen MR) is 75.0 cm³/mol. The highest BCUT2D eigenvalue weighted by molar-refractivity contribution is 5.69. The van der Waals surface area contributed by atoms with E-state index in [1.54, 1.807) is 0 Å². The van der Waals surface area contributed by atoms with Crippen LogP contribution in [0.1, 0.15) is 52.3 Å². The zero-order valence-corrected chi connectivity index (χ0v) is 12.3. The molecule has 0 amide bonds. The lowest BCUT2D eigenvalue weighted by atomic mass is 10.2. The van der Waals surface area contributed by atoms with Crippen LogP contribution in [0.2, 0.25) is 0 Å². The highest BCUT2D eigenvalue weighted by atomic mass is 16.4. The van der Waals surface area contributed by atoms with Crippen LogP contribution in [-0.4, -0.2) is 38.3 Å². The number of rotatable bonds is 8. The molecule has 0 aromatic carbocycles. The minimum absolute atomic E-state index is 0.0607. The van der Waals surface area contributed by atoms with Crippen LogP contribution in [0.15, 0.2) is 12.3 Å². The van der Waals surface area contributed by atoms with Crippen molar-refractivity contribution in [3.63, 3.8) is 0 Å². The first-order chi connectivity index (χ1) is 8.97. The van der Waals surface area contributed by atoms with Crippen LogP contribution >= 0.6 is 0 Å². The molecule has 108 valence electrons. The Bertz CT molecular complexity index is 403. The third kappa shape index (κ3) is 4.67. The van der Waals surface area contributed by atoms with E-state index in [0.29, 0.717) is 12.6 Å². The topological polar surface area (TPSA) is 58.4 Å². The minimum atomic E-state index is -0.790. The van der Waals surface area contributed by atoms with Gasteiger partial charge >= 0.3 is 5.97 Å².